The molecule has 0 aromatic heterocycles. The average molecular weight is 408 g/mol. The molecule has 0 aliphatic carbocycles. The second-order valence-corrected chi connectivity index (χ2v) is 7.84. The van der Waals surface area contributed by atoms with Gasteiger partial charge in [0.2, 0.25) is 0 Å². The van der Waals surface area contributed by atoms with Gasteiger partial charge in [-0.2, -0.15) is 0 Å². The van der Waals surface area contributed by atoms with E-state index in [0.717, 1.165) is 27.1 Å². The van der Waals surface area contributed by atoms with Crippen LogP contribution in [0.4, 0.5) is 0 Å². The van der Waals surface area contributed by atoms with Crippen molar-refractivity contribution >= 4 is 38.9 Å². The maximum absolute atomic E-state index is 12.6. The summed E-state index contributed by atoms with van der Waals surface area (Å²) in [6.45, 7) is 0. The summed E-state index contributed by atoms with van der Waals surface area (Å²) in [5.74, 6) is -0.305. The van der Waals surface area contributed by atoms with Crippen molar-refractivity contribution < 1.29 is 14.4 Å². The maximum atomic E-state index is 12.6. The van der Waals surface area contributed by atoms with E-state index in [0.29, 0.717) is 18.4 Å². The molecule has 0 aliphatic rings. The smallest absolute Gasteiger partial charge is 0.163 e. The van der Waals surface area contributed by atoms with E-state index < -0.39 is 0 Å². The highest BCUT2D eigenvalue weighted by Crippen LogP contribution is 2.21. The lowest BCUT2D eigenvalue weighted by atomic mass is 9.96. The Morgan fingerprint density at radius 3 is 1.90 bits per heavy atom. The Bertz CT molecular complexity index is 1260. The first kappa shape index (κ1) is 20.7. The fourth-order valence-corrected chi connectivity index (χ4v) is 4.04. The van der Waals surface area contributed by atoms with E-state index in [-0.39, 0.29) is 36.6 Å². The van der Waals surface area contributed by atoms with Crippen LogP contribution in [0.3, 0.4) is 0 Å². The first-order valence-corrected chi connectivity index (χ1v) is 10.6. The van der Waals surface area contributed by atoms with E-state index >= 15 is 0 Å². The van der Waals surface area contributed by atoms with Gasteiger partial charge in [-0.15, -0.1) is 0 Å². The molecule has 0 fully saturated rings. The van der Waals surface area contributed by atoms with E-state index in [9.17, 15) is 14.4 Å². The van der Waals surface area contributed by atoms with Crippen LogP contribution in [0.15, 0.2) is 84.9 Å². The van der Waals surface area contributed by atoms with Crippen molar-refractivity contribution in [1.29, 1.82) is 0 Å². The molecule has 0 saturated carbocycles. The average Bonchev–Trinajstić information content (AvgIpc) is 2.80. The molecule has 0 unspecified atom stereocenters. The minimum absolute atomic E-state index is 0.0617. The summed E-state index contributed by atoms with van der Waals surface area (Å²) in [6.07, 6.45) is 1.07. The Morgan fingerprint density at radius 2 is 1.13 bits per heavy atom. The van der Waals surface area contributed by atoms with Crippen molar-refractivity contribution in [1.82, 2.24) is 0 Å². The van der Waals surface area contributed by atoms with Gasteiger partial charge in [0.05, 0.1) is 6.42 Å². The minimum atomic E-state index is -0.170. The third-order valence-corrected chi connectivity index (χ3v) is 5.67. The fourth-order valence-electron chi connectivity index (χ4n) is 4.04. The van der Waals surface area contributed by atoms with E-state index in [1.807, 2.05) is 60.7 Å². The molecular weight excluding hydrogens is 384 g/mol. The zero-order valence-electron chi connectivity index (χ0n) is 17.3. The summed E-state index contributed by atoms with van der Waals surface area (Å²) in [5, 5.41) is 4.19. The molecule has 4 rings (SSSR count). The molecule has 0 spiro atoms. The number of fused-ring (bicyclic) bond motifs is 2. The van der Waals surface area contributed by atoms with Gasteiger partial charge in [0.1, 0.15) is 11.6 Å². The quantitative estimate of drug-likeness (QED) is 0.248. The van der Waals surface area contributed by atoms with Crippen molar-refractivity contribution in [2.75, 3.05) is 0 Å². The number of benzene rings is 4. The van der Waals surface area contributed by atoms with Crippen LogP contribution in [0.5, 0.6) is 0 Å². The normalized spacial score (nSPS) is 11.0. The largest absolute Gasteiger partial charge is 0.299 e. The van der Waals surface area contributed by atoms with Gasteiger partial charge in [-0.1, -0.05) is 84.9 Å². The number of rotatable bonds is 9. The lowest BCUT2D eigenvalue weighted by molar-refractivity contribution is -0.126. The SMILES string of the molecule is O=C(CCC(=O)c1cccc2ccccc12)CC(=O)CCc1cccc2ccccc12. The van der Waals surface area contributed by atoms with Crippen LogP contribution in [-0.2, 0) is 16.0 Å². The van der Waals surface area contributed by atoms with Crippen molar-refractivity contribution in [3.8, 4) is 0 Å². The highest BCUT2D eigenvalue weighted by molar-refractivity contribution is 6.09. The first-order chi connectivity index (χ1) is 15.1. The van der Waals surface area contributed by atoms with Crippen LogP contribution in [0.1, 0.15) is 41.6 Å². The number of Topliss-reactive ketones (excluding diaryl/α,β-unsaturated/α-hetero) is 3. The molecule has 4 aromatic carbocycles. The Kier molecular flexibility index (Phi) is 6.32. The van der Waals surface area contributed by atoms with Gasteiger partial charge in [0, 0.05) is 24.8 Å². The highest BCUT2D eigenvalue weighted by Gasteiger charge is 2.15. The summed E-state index contributed by atoms with van der Waals surface area (Å²) in [5.41, 5.74) is 1.75. The van der Waals surface area contributed by atoms with E-state index in [1.54, 1.807) is 6.07 Å². The van der Waals surface area contributed by atoms with Crippen LogP contribution in [0, 0.1) is 0 Å². The number of hydrogen-bond donors (Lipinski definition) is 0. The van der Waals surface area contributed by atoms with E-state index in [4.69, 9.17) is 0 Å². The standard InChI is InChI=1S/C28H24O3/c29-23(16-15-22-10-5-9-20-7-1-3-12-25(20)22)19-24(30)17-18-28(31)27-14-6-11-21-8-2-4-13-26(21)27/h1-14H,15-19H2. The molecule has 0 radical (unpaired) electrons. The minimum Gasteiger partial charge on any atom is -0.299 e. The van der Waals surface area contributed by atoms with Crippen LogP contribution in [0.2, 0.25) is 0 Å². The Hall–Kier alpha value is -3.59. The highest BCUT2D eigenvalue weighted by atomic mass is 16.1. The number of hydrogen-bond acceptors (Lipinski definition) is 3. The number of carbonyl (C=O) groups excluding carboxylic acids is 3. The predicted octanol–water partition coefficient (Wildman–Crippen LogP) is 6.12. The molecular formula is C28H24O3. The third kappa shape index (κ3) is 4.95. The Morgan fingerprint density at radius 1 is 0.548 bits per heavy atom. The van der Waals surface area contributed by atoms with Crippen molar-refractivity contribution in [3.05, 3.63) is 96.1 Å². The van der Waals surface area contributed by atoms with Crippen LogP contribution >= 0.6 is 0 Å². The summed E-state index contributed by atoms with van der Waals surface area (Å²) in [6, 6.07) is 27.5. The molecule has 154 valence electrons. The van der Waals surface area contributed by atoms with Gasteiger partial charge >= 0.3 is 0 Å². The molecule has 0 aliphatic heterocycles. The Balaban J connectivity index is 1.30. The van der Waals surface area contributed by atoms with Gasteiger partial charge in [-0.25, -0.2) is 0 Å². The van der Waals surface area contributed by atoms with Crippen molar-refractivity contribution in [2.45, 2.75) is 32.1 Å². The van der Waals surface area contributed by atoms with Crippen LogP contribution < -0.4 is 0 Å². The van der Waals surface area contributed by atoms with Gasteiger partial charge < -0.3 is 0 Å². The second-order valence-electron chi connectivity index (χ2n) is 7.84. The fraction of sp³-hybridized carbons (Fsp3) is 0.179. The third-order valence-electron chi connectivity index (χ3n) is 5.67. The monoisotopic (exact) mass is 408 g/mol. The van der Waals surface area contributed by atoms with Gasteiger partial charge in [-0.05, 0) is 33.5 Å². The lowest BCUT2D eigenvalue weighted by Crippen LogP contribution is -2.11. The number of ketones is 3. The van der Waals surface area contributed by atoms with Gasteiger partial charge in [0.25, 0.3) is 0 Å². The van der Waals surface area contributed by atoms with Gasteiger partial charge in [0.15, 0.2) is 5.78 Å². The summed E-state index contributed by atoms with van der Waals surface area (Å²) in [7, 11) is 0. The molecule has 3 nitrogen and oxygen atoms in total. The molecule has 0 N–H and O–H groups in total. The zero-order chi connectivity index (χ0) is 21.6. The number of carbonyl (C=O) groups is 3. The Labute approximate surface area is 181 Å². The summed E-state index contributed by atoms with van der Waals surface area (Å²) in [4.78, 5) is 37.3. The molecule has 0 amide bonds. The maximum Gasteiger partial charge on any atom is 0.163 e. The van der Waals surface area contributed by atoms with Crippen molar-refractivity contribution in [2.24, 2.45) is 0 Å². The summed E-state index contributed by atoms with van der Waals surface area (Å²) >= 11 is 0. The molecule has 31 heavy (non-hydrogen) atoms. The van der Waals surface area contributed by atoms with Crippen molar-refractivity contribution in [3.63, 3.8) is 0 Å². The molecule has 0 heterocycles. The first-order valence-electron chi connectivity index (χ1n) is 10.6. The lowest BCUT2D eigenvalue weighted by Gasteiger charge is -2.07. The zero-order valence-corrected chi connectivity index (χ0v) is 17.3. The topological polar surface area (TPSA) is 51.2 Å². The molecule has 0 atom stereocenters. The second kappa shape index (κ2) is 9.48. The molecule has 3 heteroatoms. The predicted molar refractivity (Wildman–Crippen MR) is 124 cm³/mol. The molecule has 4 aromatic rings. The molecule has 0 saturated heterocycles. The summed E-state index contributed by atoms with van der Waals surface area (Å²) < 4.78 is 0. The van der Waals surface area contributed by atoms with E-state index in [2.05, 4.69) is 18.2 Å². The van der Waals surface area contributed by atoms with Crippen LogP contribution in [0.25, 0.3) is 21.5 Å². The molecule has 0 bridgehead atoms. The van der Waals surface area contributed by atoms with Gasteiger partial charge in [-0.3, -0.25) is 14.4 Å². The van der Waals surface area contributed by atoms with E-state index in [1.165, 1.54) is 0 Å². The number of aryl methyl sites for hydroxylation is 1. The van der Waals surface area contributed by atoms with Crippen LogP contribution in [-0.4, -0.2) is 17.3 Å².